The molecule has 1 aromatic heterocycles. The summed E-state index contributed by atoms with van der Waals surface area (Å²) in [5.74, 6) is -0.295. The van der Waals surface area contributed by atoms with Crippen LogP contribution >= 0.6 is 23.2 Å². The minimum atomic E-state index is -0.295. The highest BCUT2D eigenvalue weighted by molar-refractivity contribution is 6.31. The highest BCUT2D eigenvalue weighted by Gasteiger charge is 2.12. The lowest BCUT2D eigenvalue weighted by atomic mass is 10.2. The second-order valence-electron chi connectivity index (χ2n) is 6.26. The smallest absolute Gasteiger partial charge is 0.248 e. The fourth-order valence-electron chi connectivity index (χ4n) is 2.71. The molecule has 0 aliphatic carbocycles. The first-order valence-electron chi connectivity index (χ1n) is 8.62. The summed E-state index contributed by atoms with van der Waals surface area (Å²) >= 11 is 12.4. The molecule has 0 saturated heterocycles. The molecule has 3 rings (SSSR count). The van der Waals surface area contributed by atoms with E-state index in [0.717, 1.165) is 16.8 Å². The number of amides is 1. The normalized spacial score (nSPS) is 11.1. The monoisotopic (exact) mass is 415 g/mol. The van der Waals surface area contributed by atoms with Gasteiger partial charge in [-0.05, 0) is 48.4 Å². The van der Waals surface area contributed by atoms with Crippen molar-refractivity contribution < 1.29 is 9.90 Å². The summed E-state index contributed by atoms with van der Waals surface area (Å²) < 4.78 is 1.68. The molecule has 0 saturated carbocycles. The topological polar surface area (TPSA) is 67.2 Å². The molecular weight excluding hydrogens is 397 g/mol. The van der Waals surface area contributed by atoms with Crippen molar-refractivity contribution in [2.75, 3.05) is 5.32 Å². The Hall–Kier alpha value is -2.60. The predicted molar refractivity (Wildman–Crippen MR) is 113 cm³/mol. The molecule has 144 valence electrons. The summed E-state index contributed by atoms with van der Waals surface area (Å²) in [5, 5.41) is 17.5. The van der Waals surface area contributed by atoms with Crippen LogP contribution in [0.4, 0.5) is 5.69 Å². The van der Waals surface area contributed by atoms with Gasteiger partial charge >= 0.3 is 0 Å². The van der Waals surface area contributed by atoms with Crippen LogP contribution in [0.3, 0.4) is 0 Å². The van der Waals surface area contributed by atoms with Crippen molar-refractivity contribution in [3.05, 3.63) is 87.2 Å². The SMILES string of the molecule is Cc1nn(Cc2ccc(Cl)cc2)c(Cl)c1/C=C/C(=O)Nc1cccc(CO)c1. The quantitative estimate of drug-likeness (QED) is 0.573. The second-order valence-corrected chi connectivity index (χ2v) is 7.05. The summed E-state index contributed by atoms with van der Waals surface area (Å²) in [4.78, 5) is 12.2. The van der Waals surface area contributed by atoms with Crippen LogP contribution in [0.1, 0.15) is 22.4 Å². The summed E-state index contributed by atoms with van der Waals surface area (Å²) in [6.45, 7) is 2.26. The lowest BCUT2D eigenvalue weighted by molar-refractivity contribution is -0.111. The zero-order valence-corrected chi connectivity index (χ0v) is 16.7. The van der Waals surface area contributed by atoms with Crippen molar-refractivity contribution in [1.29, 1.82) is 0 Å². The number of hydrogen-bond donors (Lipinski definition) is 2. The van der Waals surface area contributed by atoms with E-state index in [4.69, 9.17) is 23.2 Å². The Morgan fingerprint density at radius 1 is 1.18 bits per heavy atom. The van der Waals surface area contributed by atoms with Crippen molar-refractivity contribution in [3.63, 3.8) is 0 Å². The first-order chi connectivity index (χ1) is 13.5. The van der Waals surface area contributed by atoms with Gasteiger partial charge in [0, 0.05) is 22.3 Å². The average molecular weight is 416 g/mol. The number of hydrogen-bond acceptors (Lipinski definition) is 3. The number of carbonyl (C=O) groups excluding carboxylic acids is 1. The molecule has 0 unspecified atom stereocenters. The van der Waals surface area contributed by atoms with Gasteiger partial charge in [0.05, 0.1) is 18.8 Å². The van der Waals surface area contributed by atoms with E-state index < -0.39 is 0 Å². The van der Waals surface area contributed by atoms with Crippen molar-refractivity contribution in [2.24, 2.45) is 0 Å². The second kappa shape index (κ2) is 9.06. The molecule has 0 fully saturated rings. The van der Waals surface area contributed by atoms with Crippen LogP contribution in [0.15, 0.2) is 54.6 Å². The van der Waals surface area contributed by atoms with Crippen LogP contribution in [0.2, 0.25) is 10.2 Å². The van der Waals surface area contributed by atoms with Crippen molar-refractivity contribution >= 4 is 40.9 Å². The van der Waals surface area contributed by atoms with E-state index in [2.05, 4.69) is 10.4 Å². The van der Waals surface area contributed by atoms with Crippen molar-refractivity contribution in [2.45, 2.75) is 20.1 Å². The number of aryl methyl sites for hydroxylation is 1. The summed E-state index contributed by atoms with van der Waals surface area (Å²) in [7, 11) is 0. The molecule has 3 aromatic rings. The van der Waals surface area contributed by atoms with Gasteiger partial charge in [-0.1, -0.05) is 47.5 Å². The van der Waals surface area contributed by atoms with Crippen LogP contribution in [-0.4, -0.2) is 20.8 Å². The van der Waals surface area contributed by atoms with Crippen molar-refractivity contribution in [3.8, 4) is 0 Å². The van der Waals surface area contributed by atoms with Crippen LogP contribution in [0.5, 0.6) is 0 Å². The van der Waals surface area contributed by atoms with Gasteiger partial charge in [0.1, 0.15) is 5.15 Å². The van der Waals surface area contributed by atoms with E-state index in [1.807, 2.05) is 31.2 Å². The van der Waals surface area contributed by atoms with E-state index in [1.165, 1.54) is 6.08 Å². The van der Waals surface area contributed by atoms with Gasteiger partial charge in [-0.25, -0.2) is 4.68 Å². The molecule has 1 heterocycles. The zero-order chi connectivity index (χ0) is 20.1. The Bertz CT molecular complexity index is 1010. The Morgan fingerprint density at radius 2 is 1.93 bits per heavy atom. The lowest BCUT2D eigenvalue weighted by Crippen LogP contribution is -2.08. The Morgan fingerprint density at radius 3 is 2.64 bits per heavy atom. The van der Waals surface area contributed by atoms with Crippen LogP contribution < -0.4 is 5.32 Å². The van der Waals surface area contributed by atoms with Gasteiger partial charge < -0.3 is 10.4 Å². The molecular formula is C21H19Cl2N3O2. The number of anilines is 1. The lowest BCUT2D eigenvalue weighted by Gasteiger charge is -2.04. The van der Waals surface area contributed by atoms with Gasteiger partial charge in [-0.3, -0.25) is 4.79 Å². The maximum atomic E-state index is 12.2. The molecule has 2 N–H and O–H groups in total. The van der Waals surface area contributed by atoms with E-state index in [9.17, 15) is 9.90 Å². The molecule has 0 spiro atoms. The Kier molecular flexibility index (Phi) is 6.52. The number of carbonyl (C=O) groups is 1. The number of rotatable bonds is 6. The summed E-state index contributed by atoms with van der Waals surface area (Å²) in [6.07, 6.45) is 3.06. The number of benzene rings is 2. The number of halogens is 2. The average Bonchev–Trinajstić information content (AvgIpc) is 2.95. The molecule has 28 heavy (non-hydrogen) atoms. The van der Waals surface area contributed by atoms with E-state index in [-0.39, 0.29) is 12.5 Å². The van der Waals surface area contributed by atoms with Crippen LogP contribution in [-0.2, 0) is 17.9 Å². The number of aliphatic hydroxyl groups is 1. The van der Waals surface area contributed by atoms with Crippen LogP contribution in [0, 0.1) is 6.92 Å². The number of nitrogens with zero attached hydrogens (tertiary/aromatic N) is 2. The first kappa shape index (κ1) is 20.1. The minimum absolute atomic E-state index is 0.0822. The standard InChI is InChI=1S/C21H19Cl2N3O2/c1-14-19(9-10-20(28)24-18-4-2-3-16(11-18)13-27)21(23)26(25-14)12-15-5-7-17(22)8-6-15/h2-11,27H,12-13H2,1H3,(H,24,28)/b10-9+. The van der Waals surface area contributed by atoms with E-state index >= 15 is 0 Å². The van der Waals surface area contributed by atoms with Crippen LogP contribution in [0.25, 0.3) is 6.08 Å². The highest BCUT2D eigenvalue weighted by Crippen LogP contribution is 2.23. The molecule has 0 bridgehead atoms. The highest BCUT2D eigenvalue weighted by atomic mass is 35.5. The number of aliphatic hydroxyl groups excluding tert-OH is 1. The van der Waals surface area contributed by atoms with Gasteiger partial charge in [0.15, 0.2) is 0 Å². The summed E-state index contributed by atoms with van der Waals surface area (Å²) in [6, 6.07) is 14.5. The third kappa shape index (κ3) is 5.01. The maximum Gasteiger partial charge on any atom is 0.248 e. The number of nitrogens with one attached hydrogen (secondary N) is 1. The maximum absolute atomic E-state index is 12.2. The fourth-order valence-corrected chi connectivity index (χ4v) is 3.14. The van der Waals surface area contributed by atoms with E-state index in [1.54, 1.807) is 35.0 Å². The minimum Gasteiger partial charge on any atom is -0.392 e. The van der Waals surface area contributed by atoms with Crippen molar-refractivity contribution in [1.82, 2.24) is 9.78 Å². The molecule has 0 atom stereocenters. The summed E-state index contributed by atoms with van der Waals surface area (Å²) in [5.41, 5.74) is 3.78. The molecule has 5 nitrogen and oxygen atoms in total. The third-order valence-corrected chi connectivity index (χ3v) is 4.78. The van der Waals surface area contributed by atoms with Gasteiger partial charge in [0.25, 0.3) is 0 Å². The third-order valence-electron chi connectivity index (χ3n) is 4.13. The molecule has 0 radical (unpaired) electrons. The predicted octanol–water partition coefficient (Wildman–Crippen LogP) is 4.69. The molecule has 7 heteroatoms. The zero-order valence-electron chi connectivity index (χ0n) is 15.2. The fraction of sp³-hybridized carbons (Fsp3) is 0.143. The van der Waals surface area contributed by atoms with Gasteiger partial charge in [-0.2, -0.15) is 5.10 Å². The molecule has 0 aliphatic rings. The molecule has 1 amide bonds. The number of aromatic nitrogens is 2. The Balaban J connectivity index is 1.71. The first-order valence-corrected chi connectivity index (χ1v) is 9.38. The largest absolute Gasteiger partial charge is 0.392 e. The molecule has 0 aliphatic heterocycles. The van der Waals surface area contributed by atoms with Gasteiger partial charge in [0.2, 0.25) is 5.91 Å². The molecule has 2 aromatic carbocycles. The Labute approximate surface area is 173 Å². The van der Waals surface area contributed by atoms with Gasteiger partial charge in [-0.15, -0.1) is 0 Å². The van der Waals surface area contributed by atoms with E-state index in [0.29, 0.717) is 28.0 Å².